The van der Waals surface area contributed by atoms with Crippen LogP contribution in [0.3, 0.4) is 0 Å². The molecule has 2 bridgehead atoms. The highest BCUT2D eigenvalue weighted by Gasteiger charge is 2.40. The minimum Gasteiger partial charge on any atom is -0.359 e. The third-order valence-corrected chi connectivity index (χ3v) is 7.16. The van der Waals surface area contributed by atoms with Gasteiger partial charge in [-0.15, -0.1) is 0 Å². The molecule has 1 heterocycles. The largest absolute Gasteiger partial charge is 0.359 e. The fraction of sp³-hybridized carbons (Fsp3) is 0.923. The van der Waals surface area contributed by atoms with Crippen LogP contribution in [0.2, 0.25) is 0 Å². The van der Waals surface area contributed by atoms with Gasteiger partial charge in [0.05, 0.1) is 11.5 Å². The topological polar surface area (TPSA) is 70.2 Å². The second-order valence-electron chi connectivity index (χ2n) is 6.91. The zero-order valence-corrected chi connectivity index (χ0v) is 13.4. The molecule has 2 aliphatic carbocycles. The first-order chi connectivity index (χ1) is 9.35. The molecule has 1 aliphatic heterocycles. The van der Waals surface area contributed by atoms with Gasteiger partial charge in [0.1, 0.15) is 0 Å². The molecule has 0 amide bonds. The predicted octanol–water partition coefficient (Wildman–Crippen LogP) is 0.721. The van der Waals surface area contributed by atoms with Gasteiger partial charge in [-0.25, -0.2) is 13.8 Å². The lowest BCUT2D eigenvalue weighted by atomic mass is 9.96. The van der Waals surface area contributed by atoms with E-state index in [0.717, 1.165) is 11.8 Å². The highest BCUT2D eigenvalue weighted by molar-refractivity contribution is 7.91. The van der Waals surface area contributed by atoms with E-state index in [1.54, 1.807) is 0 Å². The smallest absolute Gasteiger partial charge is 0.181 e. The van der Waals surface area contributed by atoms with Crippen LogP contribution in [-0.2, 0) is 9.84 Å². The summed E-state index contributed by atoms with van der Waals surface area (Å²) in [6.45, 7) is 1.92. The summed E-state index contributed by atoms with van der Waals surface area (Å²) in [7, 11) is -2.90. The Bertz CT molecular complexity index is 508. The van der Waals surface area contributed by atoms with Crippen molar-refractivity contribution >= 4 is 27.2 Å². The summed E-state index contributed by atoms with van der Waals surface area (Å²) in [5, 5.41) is 3.97. The number of rotatable bonds is 3. The monoisotopic (exact) mass is 317 g/mol. The second-order valence-corrected chi connectivity index (χ2v) is 9.50. The van der Waals surface area contributed by atoms with E-state index in [2.05, 4.69) is 16.2 Å². The van der Waals surface area contributed by atoms with Gasteiger partial charge >= 0.3 is 0 Å². The van der Waals surface area contributed by atoms with Crippen molar-refractivity contribution in [2.75, 3.05) is 11.5 Å². The number of thiocarbonyl (C=S) groups is 1. The van der Waals surface area contributed by atoms with Gasteiger partial charge in [0, 0.05) is 11.6 Å². The highest BCUT2D eigenvalue weighted by Crippen LogP contribution is 2.44. The Morgan fingerprint density at radius 2 is 2.10 bits per heavy atom. The Morgan fingerprint density at radius 1 is 1.30 bits per heavy atom. The summed E-state index contributed by atoms with van der Waals surface area (Å²) in [6, 6.07) is 0.496. The fourth-order valence-corrected chi connectivity index (χ4v) is 6.24. The van der Waals surface area contributed by atoms with Crippen LogP contribution in [0, 0.1) is 11.8 Å². The summed E-state index contributed by atoms with van der Waals surface area (Å²) in [4.78, 5) is 0. The highest BCUT2D eigenvalue weighted by atomic mass is 32.2. The van der Waals surface area contributed by atoms with Gasteiger partial charge in [-0.1, -0.05) is 6.42 Å². The van der Waals surface area contributed by atoms with Crippen molar-refractivity contribution < 1.29 is 8.42 Å². The second kappa shape index (κ2) is 5.10. The molecule has 0 radical (unpaired) electrons. The average Bonchev–Trinajstić information content (AvgIpc) is 3.02. The third-order valence-electron chi connectivity index (χ3n) is 5.04. The van der Waals surface area contributed by atoms with Crippen LogP contribution >= 0.6 is 12.2 Å². The molecule has 3 N–H and O–H groups in total. The lowest BCUT2D eigenvalue weighted by molar-refractivity contribution is 0.361. The van der Waals surface area contributed by atoms with Crippen molar-refractivity contribution in [3.63, 3.8) is 0 Å². The fourth-order valence-electron chi connectivity index (χ4n) is 3.94. The van der Waals surface area contributed by atoms with Crippen molar-refractivity contribution in [2.45, 2.75) is 50.6 Å². The number of nitrogens with one attached hydrogen (secondary N) is 3. The maximum Gasteiger partial charge on any atom is 0.181 e. The molecular formula is C13H23N3O2S2. The van der Waals surface area contributed by atoms with E-state index in [1.807, 2.05) is 6.92 Å². The van der Waals surface area contributed by atoms with E-state index in [-0.39, 0.29) is 11.5 Å². The van der Waals surface area contributed by atoms with Crippen LogP contribution in [0.25, 0.3) is 0 Å². The first kappa shape index (κ1) is 14.5. The zero-order chi connectivity index (χ0) is 14.4. The molecule has 1 saturated heterocycles. The molecule has 3 fully saturated rings. The molecule has 20 heavy (non-hydrogen) atoms. The van der Waals surface area contributed by atoms with Gasteiger partial charge in [-0.2, -0.15) is 0 Å². The number of fused-ring (bicyclic) bond motifs is 2. The Hall–Kier alpha value is -0.400. The molecule has 0 aromatic heterocycles. The summed E-state index contributed by atoms with van der Waals surface area (Å²) >= 11 is 5.31. The number of hydrazine groups is 1. The first-order valence-corrected chi connectivity index (χ1v) is 9.62. The Balaban J connectivity index is 1.46. The standard InChI is InChI=1S/C13H23N3O2S2/c1-13(4-5-20(17,18)8-13)16-15-12(19)14-11-7-9-2-3-10(11)6-9/h9-11,16H,2-8H2,1H3,(H2,14,15,19)/t9-,10-,11+,13+/m0/s1. The molecule has 0 aromatic carbocycles. The van der Waals surface area contributed by atoms with Gasteiger partial charge < -0.3 is 5.32 Å². The van der Waals surface area contributed by atoms with Gasteiger partial charge in [0.15, 0.2) is 14.9 Å². The maximum atomic E-state index is 11.5. The molecular weight excluding hydrogens is 294 g/mol. The van der Waals surface area contributed by atoms with Crippen LogP contribution in [-0.4, -0.2) is 36.6 Å². The molecule has 0 unspecified atom stereocenters. The number of hydrogen-bond acceptors (Lipinski definition) is 4. The van der Waals surface area contributed by atoms with E-state index in [1.165, 1.54) is 25.7 Å². The van der Waals surface area contributed by atoms with Gasteiger partial charge in [-0.3, -0.25) is 5.43 Å². The van der Waals surface area contributed by atoms with E-state index in [9.17, 15) is 8.42 Å². The average molecular weight is 317 g/mol. The van der Waals surface area contributed by atoms with Crippen molar-refractivity contribution in [3.8, 4) is 0 Å². The molecule has 3 rings (SSSR count). The van der Waals surface area contributed by atoms with Crippen LogP contribution in [0.4, 0.5) is 0 Å². The van der Waals surface area contributed by atoms with E-state index in [0.29, 0.717) is 17.6 Å². The minimum atomic E-state index is -2.90. The predicted molar refractivity (Wildman–Crippen MR) is 82.9 cm³/mol. The van der Waals surface area contributed by atoms with Gasteiger partial charge in [-0.05, 0) is 56.7 Å². The summed E-state index contributed by atoms with van der Waals surface area (Å²) in [6.07, 6.45) is 5.87. The van der Waals surface area contributed by atoms with Crippen molar-refractivity contribution in [1.29, 1.82) is 0 Å². The molecule has 7 heteroatoms. The zero-order valence-electron chi connectivity index (χ0n) is 11.8. The van der Waals surface area contributed by atoms with E-state index >= 15 is 0 Å². The SMILES string of the molecule is C[C@@]1(NNC(=S)N[C@@H]2C[C@H]3CC[C@H]2C3)CCS(=O)(=O)C1. The van der Waals surface area contributed by atoms with Crippen LogP contribution in [0.15, 0.2) is 0 Å². The Labute approximate surface area is 126 Å². The normalized spacial score (nSPS) is 41.8. The molecule has 114 valence electrons. The molecule has 4 atom stereocenters. The molecule has 3 aliphatic rings. The summed E-state index contributed by atoms with van der Waals surface area (Å²) in [5.41, 5.74) is 5.68. The maximum absolute atomic E-state index is 11.5. The van der Waals surface area contributed by atoms with Crippen molar-refractivity contribution in [2.24, 2.45) is 11.8 Å². The molecule has 5 nitrogen and oxygen atoms in total. The van der Waals surface area contributed by atoms with Crippen molar-refractivity contribution in [1.82, 2.24) is 16.2 Å². The van der Waals surface area contributed by atoms with Gasteiger partial charge in [0.2, 0.25) is 0 Å². The molecule has 2 saturated carbocycles. The lowest BCUT2D eigenvalue weighted by Crippen LogP contribution is -2.57. The number of hydrogen-bond donors (Lipinski definition) is 3. The van der Waals surface area contributed by atoms with E-state index < -0.39 is 15.4 Å². The Kier molecular flexibility index (Phi) is 3.71. The number of sulfone groups is 1. The van der Waals surface area contributed by atoms with Gasteiger partial charge in [0.25, 0.3) is 0 Å². The molecule has 0 spiro atoms. The first-order valence-electron chi connectivity index (χ1n) is 7.39. The Morgan fingerprint density at radius 3 is 2.65 bits per heavy atom. The summed E-state index contributed by atoms with van der Waals surface area (Å²) in [5.74, 6) is 2.07. The quantitative estimate of drug-likeness (QED) is 0.526. The van der Waals surface area contributed by atoms with Crippen LogP contribution in [0.1, 0.15) is 39.0 Å². The van der Waals surface area contributed by atoms with Crippen LogP contribution < -0.4 is 16.2 Å². The third kappa shape index (κ3) is 3.09. The molecule has 0 aromatic rings. The lowest BCUT2D eigenvalue weighted by Gasteiger charge is -2.28. The van der Waals surface area contributed by atoms with E-state index in [4.69, 9.17) is 12.2 Å². The summed E-state index contributed by atoms with van der Waals surface area (Å²) < 4.78 is 23.1. The van der Waals surface area contributed by atoms with Crippen LogP contribution in [0.5, 0.6) is 0 Å². The minimum absolute atomic E-state index is 0.170. The van der Waals surface area contributed by atoms with Crippen molar-refractivity contribution in [3.05, 3.63) is 0 Å².